The van der Waals surface area contributed by atoms with Crippen LogP contribution < -0.4 is 10.6 Å². The molecule has 0 spiro atoms. The summed E-state index contributed by atoms with van der Waals surface area (Å²) in [6.45, 7) is 0. The van der Waals surface area contributed by atoms with Crippen LogP contribution in [0.25, 0.3) is 0 Å². The zero-order valence-corrected chi connectivity index (χ0v) is 4.30. The van der Waals surface area contributed by atoms with Gasteiger partial charge < -0.3 is 10.6 Å². The Morgan fingerprint density at radius 1 is 1.22 bits per heavy atom. The van der Waals surface area contributed by atoms with Gasteiger partial charge in [0, 0.05) is 0 Å². The van der Waals surface area contributed by atoms with Crippen LogP contribution in [0.5, 0.6) is 0 Å². The van der Waals surface area contributed by atoms with Gasteiger partial charge in [-0.2, -0.15) is 0 Å². The minimum atomic E-state index is -0.954. The molecule has 47 valence electrons. The number of rotatable bonds is 1. The summed E-state index contributed by atoms with van der Waals surface area (Å²) >= 11 is 0. The molecule has 1 aliphatic heterocycles. The normalized spacial score (nSPS) is 19.1. The zero-order chi connectivity index (χ0) is 6.85. The van der Waals surface area contributed by atoms with Crippen molar-refractivity contribution < 1.29 is 14.4 Å². The van der Waals surface area contributed by atoms with Crippen molar-refractivity contribution in [3.63, 3.8) is 0 Å². The summed E-state index contributed by atoms with van der Waals surface area (Å²) in [4.78, 5) is 30.2. The number of amides is 2. The number of carbonyl (C=O) groups is 2. The molecule has 2 N–H and O–H groups in total. The molecule has 0 aromatic heterocycles. The van der Waals surface area contributed by atoms with Crippen molar-refractivity contribution in [3.8, 4) is 0 Å². The Hall–Kier alpha value is -1.39. The van der Waals surface area contributed by atoms with Gasteiger partial charge in [-0.25, -0.2) is 0 Å². The summed E-state index contributed by atoms with van der Waals surface area (Å²) < 4.78 is 0. The average Bonchev–Trinajstić information content (AvgIpc) is 2.13. The van der Waals surface area contributed by atoms with Crippen molar-refractivity contribution in [1.82, 2.24) is 10.6 Å². The van der Waals surface area contributed by atoms with Crippen molar-refractivity contribution in [2.24, 2.45) is 0 Å². The van der Waals surface area contributed by atoms with E-state index in [4.69, 9.17) is 0 Å². The fourth-order valence-corrected chi connectivity index (χ4v) is 0.488. The van der Waals surface area contributed by atoms with Crippen LogP contribution in [0.3, 0.4) is 0 Å². The van der Waals surface area contributed by atoms with E-state index in [1.807, 2.05) is 10.6 Å². The number of hydrogen-bond acceptors (Lipinski definition) is 3. The first-order valence-corrected chi connectivity index (χ1v) is 2.23. The van der Waals surface area contributed by atoms with Gasteiger partial charge in [0.1, 0.15) is 0 Å². The first kappa shape index (κ1) is 5.74. The highest BCUT2D eigenvalue weighted by Crippen LogP contribution is 1.83. The van der Waals surface area contributed by atoms with Gasteiger partial charge in [-0.1, -0.05) is 0 Å². The molecule has 1 saturated heterocycles. The second-order valence-corrected chi connectivity index (χ2v) is 1.50. The van der Waals surface area contributed by atoms with E-state index in [-0.39, 0.29) is 0 Å². The molecule has 1 aliphatic rings. The third-order valence-corrected chi connectivity index (χ3v) is 0.875. The SMILES string of the molecule is O=[C]C1NC(=O)C(=O)N1. The van der Waals surface area contributed by atoms with Gasteiger partial charge in [0.05, 0.1) is 0 Å². The quantitative estimate of drug-likeness (QED) is 0.388. The molecule has 5 heteroatoms. The second-order valence-electron chi connectivity index (χ2n) is 1.50. The fourth-order valence-electron chi connectivity index (χ4n) is 0.488. The van der Waals surface area contributed by atoms with E-state index < -0.39 is 18.0 Å². The van der Waals surface area contributed by atoms with E-state index in [1.165, 1.54) is 6.29 Å². The Kier molecular flexibility index (Phi) is 1.18. The van der Waals surface area contributed by atoms with Crippen molar-refractivity contribution in [3.05, 3.63) is 0 Å². The Bertz CT molecular complexity index is 161. The van der Waals surface area contributed by atoms with Crippen LogP contribution in [0.1, 0.15) is 0 Å². The molecular weight excluding hydrogens is 124 g/mol. The fraction of sp³-hybridized carbons (Fsp3) is 0.250. The number of nitrogens with one attached hydrogen (secondary N) is 2. The van der Waals surface area contributed by atoms with Crippen molar-refractivity contribution in [2.45, 2.75) is 6.17 Å². The smallest absolute Gasteiger partial charge is 0.311 e. The first-order valence-electron chi connectivity index (χ1n) is 2.23. The standard InChI is InChI=1S/C4H3N2O3/c7-1-2-5-3(8)4(9)6-2/h2H,(H,5,8)(H,6,9). The lowest BCUT2D eigenvalue weighted by atomic mass is 10.6. The lowest BCUT2D eigenvalue weighted by Crippen LogP contribution is -2.33. The van der Waals surface area contributed by atoms with Crippen LogP contribution in [-0.4, -0.2) is 24.3 Å². The summed E-state index contributed by atoms with van der Waals surface area (Å²) in [5, 5.41) is 4.06. The third kappa shape index (κ3) is 0.883. The molecule has 1 fully saturated rings. The lowest BCUT2D eigenvalue weighted by Gasteiger charge is -1.93. The molecule has 2 amide bonds. The van der Waals surface area contributed by atoms with Crippen molar-refractivity contribution in [1.29, 1.82) is 0 Å². The molecule has 0 bridgehead atoms. The average molecular weight is 127 g/mol. The molecule has 1 rings (SSSR count). The van der Waals surface area contributed by atoms with Gasteiger partial charge >= 0.3 is 11.8 Å². The predicted octanol–water partition coefficient (Wildman–Crippen LogP) is -2.33. The molecule has 5 nitrogen and oxygen atoms in total. The van der Waals surface area contributed by atoms with Gasteiger partial charge in [-0.3, -0.25) is 14.4 Å². The summed E-state index contributed by atoms with van der Waals surface area (Å²) in [5.74, 6) is -1.58. The molecule has 9 heavy (non-hydrogen) atoms. The highest BCUT2D eigenvalue weighted by molar-refractivity contribution is 6.37. The Balaban J connectivity index is 2.64. The van der Waals surface area contributed by atoms with Crippen molar-refractivity contribution >= 4 is 18.1 Å². The van der Waals surface area contributed by atoms with Gasteiger partial charge in [0.15, 0.2) is 6.17 Å². The molecular formula is C4H3N2O3. The number of carbonyl (C=O) groups excluding carboxylic acids is 3. The van der Waals surface area contributed by atoms with Crippen LogP contribution in [0.4, 0.5) is 0 Å². The molecule has 0 atom stereocenters. The highest BCUT2D eigenvalue weighted by atomic mass is 16.2. The Labute approximate surface area is 50.4 Å². The van der Waals surface area contributed by atoms with E-state index in [9.17, 15) is 14.4 Å². The summed E-state index contributed by atoms with van der Waals surface area (Å²) in [6, 6.07) is 0. The van der Waals surface area contributed by atoms with Crippen LogP contribution in [-0.2, 0) is 14.4 Å². The molecule has 1 heterocycles. The van der Waals surface area contributed by atoms with E-state index in [2.05, 4.69) is 0 Å². The minimum absolute atomic E-state index is 0.789. The van der Waals surface area contributed by atoms with E-state index in [0.717, 1.165) is 0 Å². The maximum Gasteiger partial charge on any atom is 0.311 e. The zero-order valence-electron chi connectivity index (χ0n) is 4.30. The third-order valence-electron chi connectivity index (χ3n) is 0.875. The summed E-state index contributed by atoms with van der Waals surface area (Å²) in [6.07, 6.45) is 0.457. The second kappa shape index (κ2) is 1.85. The van der Waals surface area contributed by atoms with Crippen LogP contribution in [0, 0.1) is 0 Å². The number of hydrogen-bond donors (Lipinski definition) is 2. The Morgan fingerprint density at radius 3 is 1.89 bits per heavy atom. The molecule has 0 saturated carbocycles. The van der Waals surface area contributed by atoms with Gasteiger partial charge in [0.2, 0.25) is 6.29 Å². The molecule has 0 aliphatic carbocycles. The summed E-state index contributed by atoms with van der Waals surface area (Å²) in [5.41, 5.74) is 0. The molecule has 0 unspecified atom stereocenters. The van der Waals surface area contributed by atoms with E-state index >= 15 is 0 Å². The topological polar surface area (TPSA) is 75.3 Å². The van der Waals surface area contributed by atoms with E-state index in [1.54, 1.807) is 0 Å². The molecule has 0 aromatic rings. The molecule has 0 aromatic carbocycles. The monoisotopic (exact) mass is 127 g/mol. The highest BCUT2D eigenvalue weighted by Gasteiger charge is 2.28. The first-order chi connectivity index (χ1) is 4.24. The van der Waals surface area contributed by atoms with E-state index in [0.29, 0.717) is 0 Å². The lowest BCUT2D eigenvalue weighted by molar-refractivity contribution is -0.135. The van der Waals surface area contributed by atoms with Crippen LogP contribution in [0.15, 0.2) is 0 Å². The van der Waals surface area contributed by atoms with Gasteiger partial charge in [0.25, 0.3) is 0 Å². The van der Waals surface area contributed by atoms with Crippen LogP contribution >= 0.6 is 0 Å². The maximum absolute atomic E-state index is 10.2. The molecule has 1 radical (unpaired) electrons. The van der Waals surface area contributed by atoms with Gasteiger partial charge in [-0.05, 0) is 0 Å². The minimum Gasteiger partial charge on any atom is -0.321 e. The largest absolute Gasteiger partial charge is 0.321 e. The van der Waals surface area contributed by atoms with Gasteiger partial charge in [-0.15, -0.1) is 0 Å². The summed E-state index contributed by atoms with van der Waals surface area (Å²) in [7, 11) is 0. The van der Waals surface area contributed by atoms with Crippen LogP contribution in [0.2, 0.25) is 0 Å². The maximum atomic E-state index is 10.2. The predicted molar refractivity (Wildman–Crippen MR) is 25.8 cm³/mol. The Morgan fingerprint density at radius 2 is 1.67 bits per heavy atom. The van der Waals surface area contributed by atoms with Crippen molar-refractivity contribution in [2.75, 3.05) is 0 Å².